The molecule has 0 aromatic heterocycles. The lowest BCUT2D eigenvalue weighted by atomic mass is 10.1. The summed E-state index contributed by atoms with van der Waals surface area (Å²) < 4.78 is 10.3. The van der Waals surface area contributed by atoms with Crippen molar-refractivity contribution in [1.82, 2.24) is 5.32 Å². The molecule has 0 radical (unpaired) electrons. The lowest BCUT2D eigenvalue weighted by molar-refractivity contribution is -0.143. The van der Waals surface area contributed by atoms with Crippen LogP contribution in [0.25, 0.3) is 0 Å². The first-order valence-corrected chi connectivity index (χ1v) is 9.71. The molecule has 0 atom stereocenters. The number of esters is 1. The van der Waals surface area contributed by atoms with Crippen LogP contribution < -0.4 is 10.1 Å². The third-order valence-electron chi connectivity index (χ3n) is 4.19. The highest BCUT2D eigenvalue weighted by atomic mass is 16.5. The molecule has 0 fully saturated rings. The first-order chi connectivity index (χ1) is 12.7. The van der Waals surface area contributed by atoms with Gasteiger partial charge in [-0.25, -0.2) is 0 Å². The van der Waals surface area contributed by atoms with Crippen LogP contribution in [0.15, 0.2) is 24.3 Å². The SMILES string of the molecule is CCCCCCCCOC(=O)CCCC(=O)NCc1ccc(OC)cc1. The van der Waals surface area contributed by atoms with Gasteiger partial charge in [0, 0.05) is 19.4 Å². The third kappa shape index (κ3) is 10.7. The van der Waals surface area contributed by atoms with Gasteiger partial charge in [-0.1, -0.05) is 51.2 Å². The fourth-order valence-corrected chi connectivity index (χ4v) is 2.57. The number of carbonyl (C=O) groups excluding carboxylic acids is 2. The molecule has 1 aromatic carbocycles. The summed E-state index contributed by atoms with van der Waals surface area (Å²) in [5.74, 6) is 0.533. The number of carbonyl (C=O) groups is 2. The summed E-state index contributed by atoms with van der Waals surface area (Å²) in [4.78, 5) is 23.5. The van der Waals surface area contributed by atoms with E-state index in [1.165, 1.54) is 25.7 Å². The van der Waals surface area contributed by atoms with E-state index in [4.69, 9.17) is 9.47 Å². The van der Waals surface area contributed by atoms with Crippen molar-refractivity contribution in [2.45, 2.75) is 71.3 Å². The highest BCUT2D eigenvalue weighted by Crippen LogP contribution is 2.11. The Kier molecular flexibility index (Phi) is 12.0. The maximum Gasteiger partial charge on any atom is 0.305 e. The van der Waals surface area contributed by atoms with E-state index < -0.39 is 0 Å². The third-order valence-corrected chi connectivity index (χ3v) is 4.19. The second kappa shape index (κ2) is 14.2. The molecule has 146 valence electrons. The zero-order valence-corrected chi connectivity index (χ0v) is 16.2. The van der Waals surface area contributed by atoms with Gasteiger partial charge in [0.25, 0.3) is 0 Å². The molecule has 0 unspecified atom stereocenters. The second-order valence-corrected chi connectivity index (χ2v) is 6.47. The van der Waals surface area contributed by atoms with Gasteiger partial charge in [0.05, 0.1) is 13.7 Å². The van der Waals surface area contributed by atoms with Crippen molar-refractivity contribution in [3.8, 4) is 5.75 Å². The summed E-state index contributed by atoms with van der Waals surface area (Å²) in [5, 5.41) is 2.85. The molecule has 0 spiro atoms. The van der Waals surface area contributed by atoms with Gasteiger partial charge in [0.15, 0.2) is 0 Å². The van der Waals surface area contributed by atoms with Gasteiger partial charge in [-0.15, -0.1) is 0 Å². The lowest BCUT2D eigenvalue weighted by Gasteiger charge is -2.07. The summed E-state index contributed by atoms with van der Waals surface area (Å²) in [7, 11) is 1.62. The summed E-state index contributed by atoms with van der Waals surface area (Å²) >= 11 is 0. The molecule has 0 aliphatic carbocycles. The minimum Gasteiger partial charge on any atom is -0.497 e. The zero-order valence-electron chi connectivity index (χ0n) is 16.2. The highest BCUT2D eigenvalue weighted by Gasteiger charge is 2.06. The molecule has 5 heteroatoms. The van der Waals surface area contributed by atoms with E-state index in [0.29, 0.717) is 32.4 Å². The van der Waals surface area contributed by atoms with Gasteiger partial charge in [-0.05, 0) is 30.5 Å². The van der Waals surface area contributed by atoms with E-state index in [-0.39, 0.29) is 11.9 Å². The van der Waals surface area contributed by atoms with Crippen molar-refractivity contribution in [2.24, 2.45) is 0 Å². The van der Waals surface area contributed by atoms with Crippen LogP contribution in [0, 0.1) is 0 Å². The summed E-state index contributed by atoms with van der Waals surface area (Å²) in [6.07, 6.45) is 8.18. The number of benzene rings is 1. The molecule has 5 nitrogen and oxygen atoms in total. The fraction of sp³-hybridized carbons (Fsp3) is 0.619. The Morgan fingerprint density at radius 3 is 2.31 bits per heavy atom. The molecule has 0 heterocycles. The number of amides is 1. The predicted molar refractivity (Wildman–Crippen MR) is 103 cm³/mol. The molecular weight excluding hydrogens is 330 g/mol. The second-order valence-electron chi connectivity index (χ2n) is 6.47. The Labute approximate surface area is 157 Å². The van der Waals surface area contributed by atoms with Crippen molar-refractivity contribution in [3.05, 3.63) is 29.8 Å². The number of ether oxygens (including phenoxy) is 2. The van der Waals surface area contributed by atoms with Crippen LogP contribution in [0.5, 0.6) is 5.75 Å². The van der Waals surface area contributed by atoms with Crippen LogP contribution in [-0.4, -0.2) is 25.6 Å². The Morgan fingerprint density at radius 2 is 1.62 bits per heavy atom. The first-order valence-electron chi connectivity index (χ1n) is 9.71. The van der Waals surface area contributed by atoms with E-state index in [0.717, 1.165) is 24.2 Å². The van der Waals surface area contributed by atoms with Crippen LogP contribution in [0.4, 0.5) is 0 Å². The normalized spacial score (nSPS) is 10.4. The monoisotopic (exact) mass is 363 g/mol. The maximum absolute atomic E-state index is 11.8. The molecule has 1 amide bonds. The average Bonchev–Trinajstić information content (AvgIpc) is 2.66. The smallest absolute Gasteiger partial charge is 0.305 e. The Balaban J connectivity index is 2.01. The molecule has 1 N–H and O–H groups in total. The van der Waals surface area contributed by atoms with Gasteiger partial charge >= 0.3 is 5.97 Å². The largest absolute Gasteiger partial charge is 0.497 e. The van der Waals surface area contributed by atoms with Crippen LogP contribution in [0.3, 0.4) is 0 Å². The molecule has 0 aliphatic rings. The minimum atomic E-state index is -0.207. The number of unbranched alkanes of at least 4 members (excludes halogenated alkanes) is 5. The van der Waals surface area contributed by atoms with Crippen LogP contribution >= 0.6 is 0 Å². The van der Waals surface area contributed by atoms with Crippen molar-refractivity contribution in [1.29, 1.82) is 0 Å². The molecule has 0 aliphatic heterocycles. The molecule has 0 bridgehead atoms. The predicted octanol–water partition coefficient (Wildman–Crippen LogP) is 4.39. The molecule has 1 aromatic rings. The van der Waals surface area contributed by atoms with Crippen molar-refractivity contribution in [3.63, 3.8) is 0 Å². The molecule has 26 heavy (non-hydrogen) atoms. The number of methoxy groups -OCH3 is 1. The quantitative estimate of drug-likeness (QED) is 0.393. The number of hydrogen-bond donors (Lipinski definition) is 1. The maximum atomic E-state index is 11.8. The van der Waals surface area contributed by atoms with E-state index in [9.17, 15) is 9.59 Å². The van der Waals surface area contributed by atoms with Gasteiger partial charge in [-0.2, -0.15) is 0 Å². The topological polar surface area (TPSA) is 64.6 Å². The first kappa shape index (κ1) is 22.0. The lowest BCUT2D eigenvalue weighted by Crippen LogP contribution is -2.22. The van der Waals surface area contributed by atoms with Crippen molar-refractivity contribution in [2.75, 3.05) is 13.7 Å². The van der Waals surface area contributed by atoms with Crippen LogP contribution in [-0.2, 0) is 20.9 Å². The number of rotatable bonds is 14. The highest BCUT2D eigenvalue weighted by molar-refractivity contribution is 5.77. The Hall–Kier alpha value is -2.04. The summed E-state index contributed by atoms with van der Waals surface area (Å²) in [6, 6.07) is 7.56. The Morgan fingerprint density at radius 1 is 0.923 bits per heavy atom. The minimum absolute atomic E-state index is 0.0513. The molecule has 1 rings (SSSR count). The van der Waals surface area contributed by atoms with E-state index in [1.807, 2.05) is 24.3 Å². The van der Waals surface area contributed by atoms with E-state index in [1.54, 1.807) is 7.11 Å². The summed E-state index contributed by atoms with van der Waals surface area (Å²) in [6.45, 7) is 3.17. The summed E-state index contributed by atoms with van der Waals surface area (Å²) in [5.41, 5.74) is 1.01. The molecular formula is C21H33NO4. The van der Waals surface area contributed by atoms with Crippen LogP contribution in [0.1, 0.15) is 70.3 Å². The van der Waals surface area contributed by atoms with Crippen LogP contribution in [0.2, 0.25) is 0 Å². The van der Waals surface area contributed by atoms with Gasteiger partial charge in [-0.3, -0.25) is 9.59 Å². The molecule has 0 saturated heterocycles. The standard InChI is InChI=1S/C21H33NO4/c1-3-4-5-6-7-8-16-26-21(24)11-9-10-20(23)22-17-18-12-14-19(25-2)15-13-18/h12-15H,3-11,16-17H2,1-2H3,(H,22,23). The van der Waals surface area contributed by atoms with Crippen molar-refractivity contribution >= 4 is 11.9 Å². The van der Waals surface area contributed by atoms with Gasteiger partial charge in [0.1, 0.15) is 5.75 Å². The molecule has 0 saturated carbocycles. The van der Waals surface area contributed by atoms with E-state index >= 15 is 0 Å². The van der Waals surface area contributed by atoms with Gasteiger partial charge in [0.2, 0.25) is 5.91 Å². The van der Waals surface area contributed by atoms with E-state index in [2.05, 4.69) is 12.2 Å². The number of hydrogen-bond acceptors (Lipinski definition) is 4. The van der Waals surface area contributed by atoms with Gasteiger partial charge < -0.3 is 14.8 Å². The number of nitrogens with one attached hydrogen (secondary N) is 1. The average molecular weight is 363 g/mol. The fourth-order valence-electron chi connectivity index (χ4n) is 2.57. The Bertz CT molecular complexity index is 513. The zero-order chi connectivity index (χ0) is 19.0. The van der Waals surface area contributed by atoms with Crippen molar-refractivity contribution < 1.29 is 19.1 Å².